The van der Waals surface area contributed by atoms with Crippen molar-refractivity contribution in [1.82, 2.24) is 10.6 Å². The molecule has 1 atom stereocenters. The van der Waals surface area contributed by atoms with Crippen LogP contribution in [0.5, 0.6) is 0 Å². The fraction of sp³-hybridized carbons (Fsp3) is 0.400. The molecule has 1 aromatic rings. The van der Waals surface area contributed by atoms with Crippen molar-refractivity contribution in [2.45, 2.75) is 32.2 Å². The molecular weight excluding hydrogens is 366 g/mol. The second-order valence-corrected chi connectivity index (χ2v) is 6.89. The number of benzene rings is 1. The van der Waals surface area contributed by atoms with Gasteiger partial charge >= 0.3 is 0 Å². The van der Waals surface area contributed by atoms with Crippen LogP contribution in [0.1, 0.15) is 25.3 Å². The maximum atomic E-state index is 12.4. The quantitative estimate of drug-likeness (QED) is 0.621. The molecule has 1 fully saturated rings. The lowest BCUT2D eigenvalue weighted by atomic mass is 10.1. The molecule has 146 valence electrons. The lowest BCUT2D eigenvalue weighted by molar-refractivity contribution is -0.124. The summed E-state index contributed by atoms with van der Waals surface area (Å²) in [7, 11) is 0. The molecule has 6 nitrogen and oxygen atoms in total. The minimum Gasteiger partial charge on any atom is -0.405 e. The predicted octanol–water partition coefficient (Wildman–Crippen LogP) is 2.29. The normalized spacial score (nSPS) is 16.9. The van der Waals surface area contributed by atoms with E-state index >= 15 is 0 Å². The number of rotatable bonds is 7. The Kier molecular flexibility index (Phi) is 8.36. The topological polar surface area (TPSA) is 93.5 Å². The number of nitrogens with two attached hydrogens (primary N) is 1. The Bertz CT molecular complexity index is 712. The van der Waals surface area contributed by atoms with Crippen LogP contribution >= 0.6 is 11.6 Å². The van der Waals surface area contributed by atoms with Crippen LogP contribution in [0.3, 0.4) is 0 Å². The Morgan fingerprint density at radius 3 is 2.70 bits per heavy atom. The van der Waals surface area contributed by atoms with E-state index in [4.69, 9.17) is 22.1 Å². The van der Waals surface area contributed by atoms with E-state index in [0.717, 1.165) is 18.4 Å². The number of halogens is 1. The van der Waals surface area contributed by atoms with Crippen molar-refractivity contribution in [1.29, 1.82) is 0 Å². The average molecular weight is 392 g/mol. The standard InChI is InChI=1S/C20H26ClN3O3/c1-14(20(26)24-16-7-10-27-11-8-16)12-17(6-9-22)23-19(25)13-15-4-2-3-5-18(15)21/h2-6,9,12,14,16H,7-8,10-11,13,22H2,1H3,(H,23,25)(H,24,26)/b9-6-,17-12+/t14-/m1/s1. The highest BCUT2D eigenvalue weighted by Crippen LogP contribution is 2.15. The zero-order chi connectivity index (χ0) is 19.6. The first-order valence-electron chi connectivity index (χ1n) is 9.01. The highest BCUT2D eigenvalue weighted by molar-refractivity contribution is 6.31. The van der Waals surface area contributed by atoms with Gasteiger partial charge in [0.2, 0.25) is 11.8 Å². The molecule has 0 radical (unpaired) electrons. The Balaban J connectivity index is 1.96. The zero-order valence-corrected chi connectivity index (χ0v) is 16.2. The van der Waals surface area contributed by atoms with Gasteiger partial charge in [0, 0.05) is 30.0 Å². The summed E-state index contributed by atoms with van der Waals surface area (Å²) in [6, 6.07) is 7.31. The highest BCUT2D eigenvalue weighted by atomic mass is 35.5. The Morgan fingerprint density at radius 1 is 1.33 bits per heavy atom. The van der Waals surface area contributed by atoms with Gasteiger partial charge in [-0.3, -0.25) is 9.59 Å². The van der Waals surface area contributed by atoms with E-state index in [9.17, 15) is 9.59 Å². The van der Waals surface area contributed by atoms with Gasteiger partial charge in [-0.2, -0.15) is 0 Å². The smallest absolute Gasteiger partial charge is 0.228 e. The monoisotopic (exact) mass is 391 g/mol. The Hall–Kier alpha value is -2.31. The minimum absolute atomic E-state index is 0.0924. The van der Waals surface area contributed by atoms with E-state index in [-0.39, 0.29) is 24.3 Å². The van der Waals surface area contributed by atoms with Gasteiger partial charge in [0.1, 0.15) is 0 Å². The molecule has 0 aromatic heterocycles. The molecule has 0 unspecified atom stereocenters. The van der Waals surface area contributed by atoms with E-state index in [1.54, 1.807) is 31.2 Å². The highest BCUT2D eigenvalue weighted by Gasteiger charge is 2.19. The number of nitrogens with one attached hydrogen (secondary N) is 2. The van der Waals surface area contributed by atoms with Crippen LogP contribution in [-0.2, 0) is 20.7 Å². The van der Waals surface area contributed by atoms with Gasteiger partial charge < -0.3 is 21.1 Å². The summed E-state index contributed by atoms with van der Waals surface area (Å²) >= 11 is 6.09. The van der Waals surface area contributed by atoms with E-state index in [0.29, 0.717) is 23.9 Å². The van der Waals surface area contributed by atoms with Crippen molar-refractivity contribution in [3.63, 3.8) is 0 Å². The summed E-state index contributed by atoms with van der Waals surface area (Å²) in [4.78, 5) is 24.7. The van der Waals surface area contributed by atoms with Gasteiger partial charge in [-0.15, -0.1) is 0 Å². The SMILES string of the molecule is C[C@H](/C=C(\C=C/N)NC(=O)Cc1ccccc1Cl)C(=O)NC1CCOCC1. The molecule has 1 aromatic carbocycles. The van der Waals surface area contributed by atoms with Gasteiger partial charge in [-0.1, -0.05) is 36.7 Å². The third-order valence-electron chi connectivity index (χ3n) is 4.28. The summed E-state index contributed by atoms with van der Waals surface area (Å²) in [6.45, 7) is 3.10. The molecule has 2 amide bonds. The van der Waals surface area contributed by atoms with Gasteiger partial charge in [0.25, 0.3) is 0 Å². The molecule has 0 aliphatic carbocycles. The maximum absolute atomic E-state index is 12.4. The predicted molar refractivity (Wildman–Crippen MR) is 106 cm³/mol. The first-order valence-corrected chi connectivity index (χ1v) is 9.39. The summed E-state index contributed by atoms with van der Waals surface area (Å²) in [5, 5.41) is 6.34. The number of hydrogen-bond acceptors (Lipinski definition) is 4. The number of allylic oxidation sites excluding steroid dienone is 1. The van der Waals surface area contributed by atoms with Gasteiger partial charge in [-0.25, -0.2) is 0 Å². The van der Waals surface area contributed by atoms with E-state index < -0.39 is 5.92 Å². The molecule has 0 bridgehead atoms. The molecule has 7 heteroatoms. The first-order chi connectivity index (χ1) is 13.0. The van der Waals surface area contributed by atoms with E-state index in [1.807, 2.05) is 12.1 Å². The van der Waals surface area contributed by atoms with Crippen LogP contribution in [-0.4, -0.2) is 31.1 Å². The third-order valence-corrected chi connectivity index (χ3v) is 4.65. The number of hydrogen-bond donors (Lipinski definition) is 3. The van der Waals surface area contributed by atoms with Gasteiger partial charge in [0.05, 0.1) is 12.3 Å². The second-order valence-electron chi connectivity index (χ2n) is 6.48. The van der Waals surface area contributed by atoms with Crippen LogP contribution in [0.4, 0.5) is 0 Å². The molecule has 1 aliphatic heterocycles. The van der Waals surface area contributed by atoms with Crippen LogP contribution < -0.4 is 16.4 Å². The van der Waals surface area contributed by atoms with Crippen LogP contribution in [0.2, 0.25) is 5.02 Å². The number of carbonyl (C=O) groups excluding carboxylic acids is 2. The Morgan fingerprint density at radius 2 is 2.04 bits per heavy atom. The zero-order valence-electron chi connectivity index (χ0n) is 15.4. The molecule has 4 N–H and O–H groups in total. The van der Waals surface area contributed by atoms with Crippen molar-refractivity contribution in [3.05, 3.63) is 58.9 Å². The van der Waals surface area contributed by atoms with Crippen molar-refractivity contribution in [2.75, 3.05) is 13.2 Å². The van der Waals surface area contributed by atoms with Crippen LogP contribution in [0.25, 0.3) is 0 Å². The largest absolute Gasteiger partial charge is 0.405 e. The number of carbonyl (C=O) groups is 2. The summed E-state index contributed by atoms with van der Waals surface area (Å²) < 4.78 is 5.30. The first kappa shape index (κ1) is 21.0. The second kappa shape index (κ2) is 10.7. The molecule has 1 aliphatic rings. The molecular formula is C20H26ClN3O3. The fourth-order valence-electron chi connectivity index (χ4n) is 2.78. The maximum Gasteiger partial charge on any atom is 0.228 e. The van der Waals surface area contributed by atoms with Crippen LogP contribution in [0, 0.1) is 5.92 Å². The van der Waals surface area contributed by atoms with Crippen molar-refractivity contribution in [3.8, 4) is 0 Å². The molecule has 1 heterocycles. The summed E-state index contributed by atoms with van der Waals surface area (Å²) in [5.74, 6) is -0.741. The molecule has 0 spiro atoms. The average Bonchev–Trinajstić information content (AvgIpc) is 2.64. The van der Waals surface area contributed by atoms with E-state index in [2.05, 4.69) is 10.6 Å². The summed E-state index contributed by atoms with van der Waals surface area (Å²) in [6.07, 6.45) is 6.33. The minimum atomic E-state index is -0.417. The molecule has 27 heavy (non-hydrogen) atoms. The molecule has 2 rings (SSSR count). The Labute approximate surface area is 164 Å². The van der Waals surface area contributed by atoms with Crippen LogP contribution in [0.15, 0.2) is 48.3 Å². The van der Waals surface area contributed by atoms with Gasteiger partial charge in [-0.05, 0) is 42.8 Å². The number of amides is 2. The van der Waals surface area contributed by atoms with E-state index in [1.165, 1.54) is 6.20 Å². The fourth-order valence-corrected chi connectivity index (χ4v) is 2.98. The molecule has 0 saturated carbocycles. The number of ether oxygens (including phenoxy) is 1. The summed E-state index contributed by atoms with van der Waals surface area (Å²) in [5.41, 5.74) is 6.69. The van der Waals surface area contributed by atoms with Gasteiger partial charge in [0.15, 0.2) is 0 Å². The third kappa shape index (κ3) is 7.07. The molecule has 1 saturated heterocycles. The lowest BCUT2D eigenvalue weighted by Crippen LogP contribution is -2.41. The van der Waals surface area contributed by atoms with Crippen molar-refractivity contribution in [2.24, 2.45) is 11.7 Å². The lowest BCUT2D eigenvalue weighted by Gasteiger charge is -2.24. The van der Waals surface area contributed by atoms with Crippen molar-refractivity contribution < 1.29 is 14.3 Å². The van der Waals surface area contributed by atoms with Crippen molar-refractivity contribution >= 4 is 23.4 Å².